The lowest BCUT2D eigenvalue weighted by atomic mass is 10.2. The number of hydrogen-bond acceptors (Lipinski definition) is 7. The van der Waals surface area contributed by atoms with E-state index in [4.69, 9.17) is 21.7 Å². The molecule has 1 atom stereocenters. The van der Waals surface area contributed by atoms with Gasteiger partial charge in [-0.2, -0.15) is 0 Å². The Hall–Kier alpha value is -1.54. The van der Waals surface area contributed by atoms with Gasteiger partial charge in [-0.1, -0.05) is 11.3 Å². The molecule has 0 saturated carbocycles. The summed E-state index contributed by atoms with van der Waals surface area (Å²) in [5.41, 5.74) is 0.621. The Balaban J connectivity index is 2.97. The van der Waals surface area contributed by atoms with Crippen molar-refractivity contribution in [2.24, 2.45) is 7.05 Å². The quantitative estimate of drug-likeness (QED) is 0.468. The van der Waals surface area contributed by atoms with Crippen molar-refractivity contribution in [3.8, 4) is 0 Å². The summed E-state index contributed by atoms with van der Waals surface area (Å²) in [7, 11) is 1.72. The molecule has 1 aromatic rings. The van der Waals surface area contributed by atoms with E-state index in [9.17, 15) is 14.4 Å². The fraction of sp³-hybridized carbons (Fsp3) is 0.500. The minimum atomic E-state index is -1.54. The van der Waals surface area contributed by atoms with Gasteiger partial charge in [-0.25, -0.2) is 9.59 Å². The van der Waals surface area contributed by atoms with Gasteiger partial charge in [-0.3, -0.25) is 4.79 Å². The van der Waals surface area contributed by atoms with Crippen molar-refractivity contribution in [3.05, 3.63) is 14.5 Å². The van der Waals surface area contributed by atoms with Crippen LogP contribution in [0.15, 0.2) is 0 Å². The summed E-state index contributed by atoms with van der Waals surface area (Å²) in [6.45, 7) is 4.57. The zero-order chi connectivity index (χ0) is 15.4. The summed E-state index contributed by atoms with van der Waals surface area (Å²) in [4.78, 5) is 35.2. The van der Waals surface area contributed by atoms with E-state index in [0.717, 1.165) is 18.3 Å². The number of thiazole rings is 1. The molecule has 0 spiro atoms. The Kier molecular flexibility index (Phi) is 5.58. The van der Waals surface area contributed by atoms with Crippen molar-refractivity contribution in [3.63, 3.8) is 0 Å². The van der Waals surface area contributed by atoms with Crippen molar-refractivity contribution >= 4 is 41.3 Å². The normalized spacial score (nSPS) is 11.8. The fourth-order valence-corrected chi connectivity index (χ4v) is 2.64. The van der Waals surface area contributed by atoms with E-state index in [2.05, 4.69) is 0 Å². The Morgan fingerprint density at radius 1 is 1.40 bits per heavy atom. The lowest BCUT2D eigenvalue weighted by molar-refractivity contribution is -0.157. The maximum atomic E-state index is 12.0. The number of Topliss-reactive ketones (excluding diaryl/α,β-unsaturated/α-hetero) is 1. The molecule has 0 N–H and O–H groups in total. The van der Waals surface area contributed by atoms with Crippen LogP contribution in [0.4, 0.5) is 0 Å². The highest BCUT2D eigenvalue weighted by atomic mass is 32.1. The Morgan fingerprint density at radius 3 is 2.40 bits per heavy atom. The zero-order valence-electron chi connectivity index (χ0n) is 11.6. The lowest BCUT2D eigenvalue weighted by Gasteiger charge is -2.13. The van der Waals surface area contributed by atoms with Crippen LogP contribution in [-0.2, 0) is 26.1 Å². The molecular weight excluding hydrogens is 302 g/mol. The van der Waals surface area contributed by atoms with Gasteiger partial charge in [0.15, 0.2) is 9.74 Å². The molecule has 1 aromatic heterocycles. The van der Waals surface area contributed by atoms with E-state index in [1.807, 2.05) is 0 Å². The van der Waals surface area contributed by atoms with E-state index < -0.39 is 23.8 Å². The van der Waals surface area contributed by atoms with Crippen molar-refractivity contribution in [2.45, 2.75) is 26.9 Å². The van der Waals surface area contributed by atoms with Crippen LogP contribution in [0.3, 0.4) is 0 Å². The van der Waals surface area contributed by atoms with Crippen LogP contribution in [0.2, 0.25) is 0 Å². The summed E-state index contributed by atoms with van der Waals surface area (Å²) in [6, 6.07) is 0. The van der Waals surface area contributed by atoms with E-state index in [-0.39, 0.29) is 11.5 Å². The van der Waals surface area contributed by atoms with Gasteiger partial charge in [0.25, 0.3) is 6.10 Å². The van der Waals surface area contributed by atoms with Crippen LogP contribution < -0.4 is 0 Å². The third kappa shape index (κ3) is 3.51. The van der Waals surface area contributed by atoms with E-state index >= 15 is 0 Å². The number of carbonyl (C=O) groups is 3. The molecule has 0 radical (unpaired) electrons. The highest BCUT2D eigenvalue weighted by molar-refractivity contribution is 7.73. The van der Waals surface area contributed by atoms with Gasteiger partial charge in [0.05, 0.1) is 6.61 Å². The number of rotatable bonds is 5. The van der Waals surface area contributed by atoms with Gasteiger partial charge in [0.2, 0.25) is 0 Å². The number of esters is 2. The molecule has 0 aliphatic carbocycles. The molecule has 0 fully saturated rings. The molecule has 8 heteroatoms. The van der Waals surface area contributed by atoms with Crippen LogP contribution in [0.25, 0.3) is 0 Å². The predicted molar refractivity (Wildman–Crippen MR) is 75.4 cm³/mol. The average molecular weight is 317 g/mol. The van der Waals surface area contributed by atoms with Gasteiger partial charge in [-0.05, 0) is 33.0 Å². The van der Waals surface area contributed by atoms with Crippen LogP contribution in [0, 0.1) is 10.9 Å². The van der Waals surface area contributed by atoms with Gasteiger partial charge in [0.1, 0.15) is 4.88 Å². The molecule has 0 unspecified atom stereocenters. The first-order valence-corrected chi connectivity index (χ1v) is 7.06. The standard InChI is InChI=1S/C12H15NO5S2/c1-5-17-10(15)8(7(3)14)18-11(16)9-6(2)13(4)12(19)20-9/h8H,5H2,1-4H3/t8-/m1/s1. The maximum Gasteiger partial charge on any atom is 0.355 e. The molecule has 0 aliphatic rings. The summed E-state index contributed by atoms with van der Waals surface area (Å²) in [5, 5.41) is 0. The number of ketones is 1. The molecule has 0 aliphatic heterocycles. The number of ether oxygens (including phenoxy) is 2. The smallest absolute Gasteiger partial charge is 0.355 e. The van der Waals surface area contributed by atoms with Gasteiger partial charge in [-0.15, -0.1) is 0 Å². The fourth-order valence-electron chi connectivity index (χ4n) is 1.38. The van der Waals surface area contributed by atoms with E-state index in [0.29, 0.717) is 9.65 Å². The summed E-state index contributed by atoms with van der Waals surface area (Å²) in [5.74, 6) is -2.22. The van der Waals surface area contributed by atoms with Crippen LogP contribution in [0.5, 0.6) is 0 Å². The molecule has 0 amide bonds. The van der Waals surface area contributed by atoms with Gasteiger partial charge >= 0.3 is 11.9 Å². The molecule has 110 valence electrons. The van der Waals surface area contributed by atoms with Gasteiger partial charge in [0, 0.05) is 12.7 Å². The summed E-state index contributed by atoms with van der Waals surface area (Å²) in [6.07, 6.45) is -1.54. The second-order valence-electron chi connectivity index (χ2n) is 3.99. The van der Waals surface area contributed by atoms with Crippen LogP contribution in [-0.4, -0.2) is 35.0 Å². The molecule has 0 aromatic carbocycles. The van der Waals surface area contributed by atoms with E-state index in [1.165, 1.54) is 0 Å². The lowest BCUT2D eigenvalue weighted by Crippen LogP contribution is -2.35. The molecule has 0 saturated heterocycles. The molecule has 1 heterocycles. The first-order chi connectivity index (χ1) is 9.29. The second-order valence-corrected chi connectivity index (χ2v) is 5.63. The first-order valence-electron chi connectivity index (χ1n) is 5.84. The number of carbonyl (C=O) groups excluding carboxylic acids is 3. The highest BCUT2D eigenvalue weighted by Gasteiger charge is 2.30. The summed E-state index contributed by atoms with van der Waals surface area (Å²) >= 11 is 6.12. The minimum Gasteiger partial charge on any atom is -0.463 e. The topological polar surface area (TPSA) is 74.6 Å². The van der Waals surface area contributed by atoms with Crippen LogP contribution >= 0.6 is 23.6 Å². The summed E-state index contributed by atoms with van der Waals surface area (Å²) < 4.78 is 11.8. The largest absolute Gasteiger partial charge is 0.463 e. The Bertz CT molecular complexity index is 601. The van der Waals surface area contributed by atoms with E-state index in [1.54, 1.807) is 25.5 Å². The first kappa shape index (κ1) is 16.5. The zero-order valence-corrected chi connectivity index (χ0v) is 13.2. The monoisotopic (exact) mass is 317 g/mol. The maximum absolute atomic E-state index is 12.0. The molecular formula is C12H15NO5S2. The van der Waals surface area contributed by atoms with Crippen molar-refractivity contribution in [1.82, 2.24) is 4.57 Å². The predicted octanol–water partition coefficient (Wildman–Crippen LogP) is 1.80. The molecule has 20 heavy (non-hydrogen) atoms. The SMILES string of the molecule is CCOC(=O)[C@H](OC(=O)c1sc(=S)n(C)c1C)C(C)=O. The van der Waals surface area contributed by atoms with Crippen LogP contribution in [0.1, 0.15) is 29.2 Å². The van der Waals surface area contributed by atoms with Gasteiger partial charge < -0.3 is 14.0 Å². The third-order valence-corrected chi connectivity index (χ3v) is 4.21. The van der Waals surface area contributed by atoms with Crippen molar-refractivity contribution < 1.29 is 23.9 Å². The number of aromatic nitrogens is 1. The highest BCUT2D eigenvalue weighted by Crippen LogP contribution is 2.19. The molecule has 0 bridgehead atoms. The second kappa shape index (κ2) is 6.76. The Labute approximate surface area is 125 Å². The minimum absolute atomic E-state index is 0.101. The average Bonchev–Trinajstić information content (AvgIpc) is 2.63. The molecule has 6 nitrogen and oxygen atoms in total. The number of hydrogen-bond donors (Lipinski definition) is 0. The molecule has 1 rings (SSSR count). The van der Waals surface area contributed by atoms with Crippen molar-refractivity contribution in [2.75, 3.05) is 6.61 Å². The third-order valence-electron chi connectivity index (χ3n) is 2.58. The number of nitrogens with zero attached hydrogens (tertiary/aromatic N) is 1. The Morgan fingerprint density at radius 2 is 2.00 bits per heavy atom. The van der Waals surface area contributed by atoms with Crippen molar-refractivity contribution in [1.29, 1.82) is 0 Å².